The molecule has 1 aromatic carbocycles. The maximum atomic E-state index is 5.26. The van der Waals surface area contributed by atoms with Gasteiger partial charge in [0, 0.05) is 29.5 Å². The zero-order valence-corrected chi connectivity index (χ0v) is 16.3. The van der Waals surface area contributed by atoms with E-state index in [0.29, 0.717) is 17.7 Å². The summed E-state index contributed by atoms with van der Waals surface area (Å²) in [4.78, 5) is 0. The van der Waals surface area contributed by atoms with Crippen molar-refractivity contribution in [3.8, 4) is 5.75 Å². The molecule has 2 N–H and O–H groups in total. The lowest BCUT2D eigenvalue weighted by Gasteiger charge is -2.13. The van der Waals surface area contributed by atoms with Crippen molar-refractivity contribution in [1.29, 1.82) is 0 Å². The van der Waals surface area contributed by atoms with Gasteiger partial charge in [0.05, 0.1) is 13.3 Å². The summed E-state index contributed by atoms with van der Waals surface area (Å²) in [6.45, 7) is 9.20. The van der Waals surface area contributed by atoms with Crippen LogP contribution in [0.3, 0.4) is 0 Å². The van der Waals surface area contributed by atoms with E-state index in [9.17, 15) is 0 Å². The van der Waals surface area contributed by atoms with E-state index in [1.54, 1.807) is 7.11 Å². The van der Waals surface area contributed by atoms with E-state index in [2.05, 4.69) is 54.2 Å². The predicted octanol–water partition coefficient (Wildman–Crippen LogP) is 3.69. The van der Waals surface area contributed by atoms with Gasteiger partial charge in [-0.3, -0.25) is 5.43 Å². The summed E-state index contributed by atoms with van der Waals surface area (Å²) >= 11 is 5.26. The Kier molecular flexibility index (Phi) is 6.58. The molecule has 0 aliphatic carbocycles. The molecular weight excluding hydrogens is 332 g/mol. The fourth-order valence-electron chi connectivity index (χ4n) is 2.85. The molecule has 0 bridgehead atoms. The van der Waals surface area contributed by atoms with E-state index in [1.807, 2.05) is 30.5 Å². The van der Waals surface area contributed by atoms with Crippen LogP contribution in [0.1, 0.15) is 42.4 Å². The number of hydrogen-bond acceptors (Lipinski definition) is 3. The Morgan fingerprint density at radius 2 is 1.96 bits per heavy atom. The molecule has 0 radical (unpaired) electrons. The van der Waals surface area contributed by atoms with Gasteiger partial charge >= 0.3 is 0 Å². The topological polar surface area (TPSA) is 50.6 Å². The van der Waals surface area contributed by atoms with Gasteiger partial charge in [-0.05, 0) is 63.7 Å². The minimum absolute atomic E-state index is 0.433. The third kappa shape index (κ3) is 5.06. The summed E-state index contributed by atoms with van der Waals surface area (Å²) in [7, 11) is 1.66. The molecular formula is C19H26N4OS. The van der Waals surface area contributed by atoms with Gasteiger partial charge in [0.15, 0.2) is 5.11 Å². The molecule has 0 amide bonds. The zero-order chi connectivity index (χ0) is 18.4. The number of nitrogens with zero attached hydrogens (tertiary/aromatic N) is 2. The maximum absolute atomic E-state index is 5.26. The first-order valence-electron chi connectivity index (χ1n) is 8.30. The summed E-state index contributed by atoms with van der Waals surface area (Å²) in [5.74, 6) is 0.841. The van der Waals surface area contributed by atoms with Crippen molar-refractivity contribution in [3.05, 3.63) is 52.8 Å². The second kappa shape index (κ2) is 8.67. The van der Waals surface area contributed by atoms with Gasteiger partial charge in [-0.2, -0.15) is 5.10 Å². The number of nitrogens with one attached hydrogen (secondary N) is 2. The highest BCUT2D eigenvalue weighted by Gasteiger charge is 2.09. The predicted molar refractivity (Wildman–Crippen MR) is 107 cm³/mol. The van der Waals surface area contributed by atoms with Crippen molar-refractivity contribution in [1.82, 2.24) is 15.3 Å². The molecule has 1 heterocycles. The lowest BCUT2D eigenvalue weighted by atomic mass is 10.2. The van der Waals surface area contributed by atoms with Gasteiger partial charge in [-0.1, -0.05) is 12.1 Å². The van der Waals surface area contributed by atoms with E-state index in [1.165, 1.54) is 11.4 Å². The van der Waals surface area contributed by atoms with Gasteiger partial charge in [-0.25, -0.2) is 0 Å². The van der Waals surface area contributed by atoms with Crippen molar-refractivity contribution >= 4 is 23.5 Å². The average molecular weight is 359 g/mol. The van der Waals surface area contributed by atoms with Crippen LogP contribution in [-0.2, 0) is 6.54 Å². The first-order valence-corrected chi connectivity index (χ1v) is 8.71. The second-order valence-electron chi connectivity index (χ2n) is 6.19. The fraction of sp³-hybridized carbons (Fsp3) is 0.368. The minimum Gasteiger partial charge on any atom is -0.497 e. The first kappa shape index (κ1) is 19.0. The van der Waals surface area contributed by atoms with E-state index >= 15 is 0 Å². The number of hydrazone groups is 1. The van der Waals surface area contributed by atoms with Crippen LogP contribution in [0.4, 0.5) is 0 Å². The smallest absolute Gasteiger partial charge is 0.187 e. The van der Waals surface area contributed by atoms with Crippen LogP contribution in [0.2, 0.25) is 0 Å². The molecule has 0 aliphatic heterocycles. The van der Waals surface area contributed by atoms with Crippen LogP contribution in [0, 0.1) is 13.8 Å². The molecule has 0 aliphatic rings. The van der Waals surface area contributed by atoms with Crippen molar-refractivity contribution < 1.29 is 4.74 Å². The van der Waals surface area contributed by atoms with Gasteiger partial charge in [-0.15, -0.1) is 0 Å². The summed E-state index contributed by atoms with van der Waals surface area (Å²) in [5, 5.41) is 7.87. The van der Waals surface area contributed by atoms with E-state index in [-0.39, 0.29) is 0 Å². The summed E-state index contributed by atoms with van der Waals surface area (Å²) in [6.07, 6.45) is 1.81. The Labute approximate surface area is 155 Å². The number of ether oxygens (including phenoxy) is 1. The number of hydrogen-bond donors (Lipinski definition) is 2. The highest BCUT2D eigenvalue weighted by atomic mass is 32.1. The fourth-order valence-corrected chi connectivity index (χ4v) is 2.98. The molecule has 0 spiro atoms. The van der Waals surface area contributed by atoms with Crippen LogP contribution in [0.5, 0.6) is 5.75 Å². The van der Waals surface area contributed by atoms with Crippen LogP contribution in [-0.4, -0.2) is 23.0 Å². The standard InChI is InChI=1S/C19H26N4OS/c1-13(2)23-14(3)10-17(15(23)4)12-21-22-19(25)20-11-16-6-8-18(24-5)9-7-16/h6-10,12-13H,11H2,1-5H3,(H2,20,22,25)/b21-12-. The quantitative estimate of drug-likeness (QED) is 0.470. The van der Waals surface area contributed by atoms with Gasteiger partial charge in [0.25, 0.3) is 0 Å². The Morgan fingerprint density at radius 3 is 2.52 bits per heavy atom. The van der Waals surface area contributed by atoms with Gasteiger partial charge < -0.3 is 14.6 Å². The Balaban J connectivity index is 1.87. The zero-order valence-electron chi connectivity index (χ0n) is 15.5. The van der Waals surface area contributed by atoms with Crippen LogP contribution < -0.4 is 15.5 Å². The summed E-state index contributed by atoms with van der Waals surface area (Å²) in [5.41, 5.74) is 7.51. The molecule has 2 rings (SSSR count). The van der Waals surface area contributed by atoms with E-state index < -0.39 is 0 Å². The number of benzene rings is 1. The maximum Gasteiger partial charge on any atom is 0.187 e. The van der Waals surface area contributed by atoms with Crippen molar-refractivity contribution in [3.63, 3.8) is 0 Å². The number of methoxy groups -OCH3 is 1. The molecule has 134 valence electrons. The number of aromatic nitrogens is 1. The SMILES string of the molecule is COc1ccc(CNC(=S)N/N=C\c2cc(C)n(C(C)C)c2C)cc1. The second-order valence-corrected chi connectivity index (χ2v) is 6.60. The molecule has 2 aromatic rings. The van der Waals surface area contributed by atoms with Gasteiger partial charge in [0.2, 0.25) is 0 Å². The lowest BCUT2D eigenvalue weighted by Crippen LogP contribution is -2.31. The highest BCUT2D eigenvalue weighted by molar-refractivity contribution is 7.80. The van der Waals surface area contributed by atoms with Crippen LogP contribution in [0.25, 0.3) is 0 Å². The number of rotatable bonds is 6. The molecule has 0 unspecified atom stereocenters. The third-order valence-corrected chi connectivity index (χ3v) is 4.26. The molecule has 0 saturated heterocycles. The van der Waals surface area contributed by atoms with E-state index in [0.717, 1.165) is 16.9 Å². The highest BCUT2D eigenvalue weighted by Crippen LogP contribution is 2.18. The summed E-state index contributed by atoms with van der Waals surface area (Å²) < 4.78 is 7.44. The average Bonchev–Trinajstić information content (AvgIpc) is 2.87. The monoisotopic (exact) mass is 358 g/mol. The Hall–Kier alpha value is -2.34. The molecule has 0 saturated carbocycles. The lowest BCUT2D eigenvalue weighted by molar-refractivity contribution is 0.414. The Bertz CT molecular complexity index is 748. The third-order valence-electron chi connectivity index (χ3n) is 4.02. The van der Waals surface area contributed by atoms with Crippen LogP contribution in [0.15, 0.2) is 35.4 Å². The Morgan fingerprint density at radius 1 is 1.28 bits per heavy atom. The van der Waals surface area contributed by atoms with Gasteiger partial charge in [0.1, 0.15) is 5.75 Å². The van der Waals surface area contributed by atoms with Crippen LogP contribution >= 0.6 is 12.2 Å². The summed E-state index contributed by atoms with van der Waals surface area (Å²) in [6, 6.07) is 10.4. The first-order chi connectivity index (χ1) is 11.9. The number of thiocarbonyl (C=S) groups is 1. The minimum atomic E-state index is 0.433. The normalized spacial score (nSPS) is 11.1. The number of aryl methyl sites for hydroxylation is 1. The molecule has 25 heavy (non-hydrogen) atoms. The molecule has 0 fully saturated rings. The largest absolute Gasteiger partial charge is 0.497 e. The van der Waals surface area contributed by atoms with E-state index in [4.69, 9.17) is 17.0 Å². The van der Waals surface area contributed by atoms with Crippen molar-refractivity contribution in [2.45, 2.75) is 40.3 Å². The molecule has 0 atom stereocenters. The van der Waals surface area contributed by atoms with Crippen molar-refractivity contribution in [2.24, 2.45) is 5.10 Å². The molecule has 6 heteroatoms. The molecule has 1 aromatic heterocycles. The molecule has 5 nitrogen and oxygen atoms in total. The van der Waals surface area contributed by atoms with Crippen molar-refractivity contribution in [2.75, 3.05) is 7.11 Å².